The first-order valence-electron chi connectivity index (χ1n) is 6.81. The highest BCUT2D eigenvalue weighted by atomic mass is 79.9. The van der Waals surface area contributed by atoms with E-state index in [2.05, 4.69) is 33.2 Å². The second-order valence-corrected chi connectivity index (χ2v) is 5.49. The highest BCUT2D eigenvalue weighted by molar-refractivity contribution is 9.10. The van der Waals surface area contributed by atoms with Crippen molar-refractivity contribution in [2.45, 2.75) is 52.4 Å². The second kappa shape index (κ2) is 8.35. The Morgan fingerprint density at radius 3 is 2.61 bits per heavy atom. The summed E-state index contributed by atoms with van der Waals surface area (Å²) in [5, 5.41) is 3.36. The van der Waals surface area contributed by atoms with Crippen LogP contribution in [0.1, 0.15) is 51.0 Å². The van der Waals surface area contributed by atoms with Crippen LogP contribution in [-0.2, 0) is 0 Å². The average Bonchev–Trinajstić information content (AvgIpc) is 2.37. The van der Waals surface area contributed by atoms with E-state index < -0.39 is 0 Å². The van der Waals surface area contributed by atoms with Crippen molar-refractivity contribution in [2.24, 2.45) is 0 Å². The minimum atomic E-state index is 0.729. The van der Waals surface area contributed by atoms with Gasteiger partial charge in [0.15, 0.2) is 0 Å². The van der Waals surface area contributed by atoms with E-state index in [1.54, 1.807) is 6.20 Å². The number of pyridine rings is 1. The van der Waals surface area contributed by atoms with Gasteiger partial charge in [-0.25, -0.2) is 4.98 Å². The molecule has 18 heavy (non-hydrogen) atoms. The Labute approximate surface area is 119 Å². The molecule has 0 aliphatic carbocycles. The number of nitrogens with zero attached hydrogens (tertiary/aromatic N) is 1. The molecule has 0 aromatic carbocycles. The predicted octanol–water partition coefficient (Wildman–Crippen LogP) is 4.51. The van der Waals surface area contributed by atoms with Gasteiger partial charge in [0.25, 0.3) is 0 Å². The third-order valence-electron chi connectivity index (χ3n) is 3.13. The number of unbranched alkanes of at least 4 members (excludes halogenated alkanes) is 5. The fourth-order valence-corrected chi connectivity index (χ4v) is 2.30. The van der Waals surface area contributed by atoms with Gasteiger partial charge in [0.2, 0.25) is 0 Å². The molecule has 4 heteroatoms. The number of nitrogen functional groups attached to an aromatic ring is 1. The van der Waals surface area contributed by atoms with Crippen LogP contribution in [0.2, 0.25) is 0 Å². The van der Waals surface area contributed by atoms with Gasteiger partial charge in [-0.15, -0.1) is 0 Å². The molecule has 102 valence electrons. The summed E-state index contributed by atoms with van der Waals surface area (Å²) in [6, 6.07) is 0. The molecule has 0 atom stereocenters. The van der Waals surface area contributed by atoms with E-state index >= 15 is 0 Å². The van der Waals surface area contributed by atoms with Crippen molar-refractivity contribution >= 4 is 27.4 Å². The molecule has 1 heterocycles. The standard InChI is InChI=1S/C14H24BrN3/c1-3-4-5-6-7-8-9-17-14-13(15)11(2)12(16)10-18-14/h10H,3-9,16H2,1-2H3,(H,17,18). The van der Waals surface area contributed by atoms with Crippen LogP contribution in [0.3, 0.4) is 0 Å². The van der Waals surface area contributed by atoms with Crippen LogP contribution in [0.5, 0.6) is 0 Å². The monoisotopic (exact) mass is 313 g/mol. The number of halogens is 1. The molecule has 0 aliphatic rings. The van der Waals surface area contributed by atoms with Crippen LogP contribution in [-0.4, -0.2) is 11.5 Å². The van der Waals surface area contributed by atoms with Gasteiger partial charge < -0.3 is 11.1 Å². The van der Waals surface area contributed by atoms with Gasteiger partial charge in [-0.3, -0.25) is 0 Å². The van der Waals surface area contributed by atoms with Crippen LogP contribution in [0.15, 0.2) is 10.7 Å². The highest BCUT2D eigenvalue weighted by Gasteiger charge is 2.06. The van der Waals surface area contributed by atoms with E-state index in [0.29, 0.717) is 0 Å². The molecule has 0 aliphatic heterocycles. The third-order valence-corrected chi connectivity index (χ3v) is 4.10. The molecule has 1 aromatic rings. The molecule has 0 saturated heterocycles. The number of hydrogen-bond donors (Lipinski definition) is 2. The third kappa shape index (κ3) is 4.84. The maximum atomic E-state index is 5.79. The predicted molar refractivity (Wildman–Crippen MR) is 83.0 cm³/mol. The first-order chi connectivity index (χ1) is 8.66. The Hall–Kier alpha value is -0.770. The van der Waals surface area contributed by atoms with Crippen LogP contribution in [0.4, 0.5) is 11.5 Å². The molecule has 0 bridgehead atoms. The lowest BCUT2D eigenvalue weighted by Gasteiger charge is -2.10. The molecule has 0 radical (unpaired) electrons. The summed E-state index contributed by atoms with van der Waals surface area (Å²) >= 11 is 3.53. The molecule has 1 rings (SSSR count). The van der Waals surface area contributed by atoms with Crippen molar-refractivity contribution in [1.29, 1.82) is 0 Å². The van der Waals surface area contributed by atoms with E-state index in [0.717, 1.165) is 28.1 Å². The van der Waals surface area contributed by atoms with Gasteiger partial charge >= 0.3 is 0 Å². The zero-order chi connectivity index (χ0) is 13.4. The van der Waals surface area contributed by atoms with Crippen LogP contribution >= 0.6 is 15.9 Å². The molecule has 0 spiro atoms. The lowest BCUT2D eigenvalue weighted by atomic mass is 10.1. The first kappa shape index (κ1) is 15.3. The van der Waals surface area contributed by atoms with Crippen molar-refractivity contribution in [2.75, 3.05) is 17.6 Å². The van der Waals surface area contributed by atoms with Crippen molar-refractivity contribution in [1.82, 2.24) is 4.98 Å². The number of nitrogens with two attached hydrogens (primary N) is 1. The average molecular weight is 314 g/mol. The number of hydrogen-bond acceptors (Lipinski definition) is 3. The second-order valence-electron chi connectivity index (χ2n) is 4.70. The summed E-state index contributed by atoms with van der Waals surface area (Å²) in [5.74, 6) is 0.898. The molecular formula is C14H24BrN3. The maximum Gasteiger partial charge on any atom is 0.140 e. The summed E-state index contributed by atoms with van der Waals surface area (Å²) in [6.45, 7) is 5.21. The lowest BCUT2D eigenvalue weighted by Crippen LogP contribution is -2.05. The summed E-state index contributed by atoms with van der Waals surface area (Å²) < 4.78 is 0.980. The molecular weight excluding hydrogens is 290 g/mol. The Balaban J connectivity index is 2.25. The Morgan fingerprint density at radius 1 is 1.22 bits per heavy atom. The zero-order valence-electron chi connectivity index (χ0n) is 11.4. The summed E-state index contributed by atoms with van der Waals surface area (Å²) in [5.41, 5.74) is 7.57. The number of anilines is 2. The smallest absolute Gasteiger partial charge is 0.140 e. The number of rotatable bonds is 8. The minimum Gasteiger partial charge on any atom is -0.397 e. The van der Waals surface area contributed by atoms with Crippen molar-refractivity contribution in [3.63, 3.8) is 0 Å². The molecule has 0 unspecified atom stereocenters. The normalized spacial score (nSPS) is 10.6. The molecule has 1 aromatic heterocycles. The number of aromatic nitrogens is 1. The Bertz CT molecular complexity index is 366. The summed E-state index contributed by atoms with van der Waals surface area (Å²) in [6.07, 6.45) is 9.56. The highest BCUT2D eigenvalue weighted by Crippen LogP contribution is 2.27. The molecule has 3 N–H and O–H groups in total. The fourth-order valence-electron chi connectivity index (χ4n) is 1.83. The van der Waals surface area contributed by atoms with E-state index in [1.165, 1.54) is 38.5 Å². The van der Waals surface area contributed by atoms with Gasteiger partial charge in [0.05, 0.1) is 16.4 Å². The minimum absolute atomic E-state index is 0.729. The van der Waals surface area contributed by atoms with E-state index in [4.69, 9.17) is 5.73 Å². The number of nitrogens with one attached hydrogen (secondary N) is 1. The van der Waals surface area contributed by atoms with Gasteiger partial charge in [-0.1, -0.05) is 39.0 Å². The van der Waals surface area contributed by atoms with Gasteiger partial charge in [0.1, 0.15) is 5.82 Å². The van der Waals surface area contributed by atoms with Crippen LogP contribution < -0.4 is 11.1 Å². The maximum absolute atomic E-state index is 5.79. The van der Waals surface area contributed by atoms with Crippen molar-refractivity contribution in [3.8, 4) is 0 Å². The van der Waals surface area contributed by atoms with Crippen molar-refractivity contribution in [3.05, 3.63) is 16.2 Å². The van der Waals surface area contributed by atoms with Gasteiger partial charge in [0, 0.05) is 6.54 Å². The summed E-state index contributed by atoms with van der Waals surface area (Å²) in [4.78, 5) is 4.30. The van der Waals surface area contributed by atoms with Gasteiger partial charge in [-0.05, 0) is 34.8 Å². The van der Waals surface area contributed by atoms with Crippen LogP contribution in [0, 0.1) is 6.92 Å². The largest absolute Gasteiger partial charge is 0.397 e. The van der Waals surface area contributed by atoms with E-state index in [-0.39, 0.29) is 0 Å². The van der Waals surface area contributed by atoms with Gasteiger partial charge in [-0.2, -0.15) is 0 Å². The Kier molecular flexibility index (Phi) is 7.09. The first-order valence-corrected chi connectivity index (χ1v) is 7.60. The molecule has 0 amide bonds. The van der Waals surface area contributed by atoms with E-state index in [9.17, 15) is 0 Å². The molecule has 0 fully saturated rings. The molecule has 0 saturated carbocycles. The van der Waals surface area contributed by atoms with Crippen molar-refractivity contribution < 1.29 is 0 Å². The quantitative estimate of drug-likeness (QED) is 0.694. The zero-order valence-corrected chi connectivity index (χ0v) is 13.0. The Morgan fingerprint density at radius 2 is 1.89 bits per heavy atom. The van der Waals surface area contributed by atoms with E-state index in [1.807, 2.05) is 6.92 Å². The lowest BCUT2D eigenvalue weighted by molar-refractivity contribution is 0.616. The SMILES string of the molecule is CCCCCCCCNc1ncc(N)c(C)c1Br. The topological polar surface area (TPSA) is 50.9 Å². The molecule has 3 nitrogen and oxygen atoms in total. The van der Waals surface area contributed by atoms with Crippen LogP contribution in [0.25, 0.3) is 0 Å². The summed E-state index contributed by atoms with van der Waals surface area (Å²) in [7, 11) is 0. The fraction of sp³-hybridized carbons (Fsp3) is 0.643.